The highest BCUT2D eigenvalue weighted by Crippen LogP contribution is 2.58. The van der Waals surface area contributed by atoms with Crippen molar-refractivity contribution in [2.24, 2.45) is 10.8 Å². The molecule has 6 rings (SSSR count). The van der Waals surface area contributed by atoms with Gasteiger partial charge in [0.25, 0.3) is 5.56 Å². The van der Waals surface area contributed by atoms with E-state index in [0.717, 1.165) is 19.4 Å². The molecule has 0 bridgehead atoms. The number of carbonyl (C=O) groups is 6. The highest BCUT2D eigenvalue weighted by Gasteiger charge is 2.62. The van der Waals surface area contributed by atoms with Crippen LogP contribution < -0.4 is 16.7 Å². The van der Waals surface area contributed by atoms with Gasteiger partial charge in [0.1, 0.15) is 22.7 Å². The minimum atomic E-state index is -2.22. The van der Waals surface area contributed by atoms with Crippen LogP contribution in [0.15, 0.2) is 32.3 Å². The Morgan fingerprint density at radius 1 is 1.05 bits per heavy atom. The summed E-state index contributed by atoms with van der Waals surface area (Å²) in [4.78, 5) is 91.8. The molecule has 0 saturated carbocycles. The number of rotatable bonds is 3. The molecule has 1 spiro atoms. The van der Waals surface area contributed by atoms with Crippen LogP contribution in [0.3, 0.4) is 0 Å². The van der Waals surface area contributed by atoms with E-state index in [1.807, 2.05) is 5.43 Å². The third kappa shape index (κ3) is 3.48. The number of nitrogens with one attached hydrogen (secondary N) is 2. The summed E-state index contributed by atoms with van der Waals surface area (Å²) in [5, 5.41) is 37.0. The number of aromatic hydroxyl groups is 3. The van der Waals surface area contributed by atoms with Crippen LogP contribution in [-0.2, 0) is 26.2 Å². The number of phenols is 3. The Kier molecular flexibility index (Phi) is 6.11. The molecule has 1 heterocycles. The number of pyridine rings is 1. The van der Waals surface area contributed by atoms with Gasteiger partial charge in [0, 0.05) is 21.5 Å². The predicted octanol–water partition coefficient (Wildman–Crippen LogP) is 0.515. The van der Waals surface area contributed by atoms with Crippen molar-refractivity contribution in [3.8, 4) is 17.2 Å². The summed E-state index contributed by atoms with van der Waals surface area (Å²) in [5.41, 5.74) is 0.872. The first kappa shape index (κ1) is 28.5. The lowest BCUT2D eigenvalue weighted by atomic mass is 9.76. The van der Waals surface area contributed by atoms with Crippen molar-refractivity contribution >= 4 is 67.9 Å². The molecule has 15 nitrogen and oxygen atoms in total. The second kappa shape index (κ2) is 9.43. The van der Waals surface area contributed by atoms with Crippen LogP contribution in [0.25, 0.3) is 10.8 Å². The first-order chi connectivity index (χ1) is 20.8. The normalized spacial score (nSPS) is 18.5. The molecule has 0 saturated heterocycles. The van der Waals surface area contributed by atoms with Gasteiger partial charge in [-0.25, -0.2) is 5.43 Å². The topological polar surface area (TPSA) is 256 Å². The minimum absolute atomic E-state index is 0.00422. The van der Waals surface area contributed by atoms with Crippen LogP contribution in [0, 0.1) is 0 Å². The van der Waals surface area contributed by atoms with Gasteiger partial charge in [-0.05, 0) is 40.4 Å². The Morgan fingerprint density at radius 3 is 2.30 bits per heavy atom. The van der Waals surface area contributed by atoms with E-state index in [0.29, 0.717) is 0 Å². The molecule has 1 atom stereocenters. The zero-order chi connectivity index (χ0) is 32.0. The van der Waals surface area contributed by atoms with E-state index < -0.39 is 91.2 Å². The number of amides is 2. The molecule has 44 heavy (non-hydrogen) atoms. The summed E-state index contributed by atoms with van der Waals surface area (Å²) in [7, 11) is 1.11. The number of nitrogens with two attached hydrogens (primary N) is 1. The lowest BCUT2D eigenvalue weighted by molar-refractivity contribution is -0.137. The summed E-state index contributed by atoms with van der Waals surface area (Å²) < 4.78 is 5.12. The van der Waals surface area contributed by atoms with E-state index in [1.54, 1.807) is 0 Å². The minimum Gasteiger partial charge on any atom is -0.507 e. The first-order valence-corrected chi connectivity index (χ1v) is 13.4. The lowest BCUT2D eigenvalue weighted by Gasteiger charge is -2.23. The smallest absolute Gasteiger partial charge is 0.329 e. The number of allylic oxidation sites excluding steroid dienone is 2. The van der Waals surface area contributed by atoms with E-state index in [2.05, 4.69) is 26.0 Å². The number of hydrogen-bond acceptors (Lipinski definition) is 12. The molecule has 2 aromatic carbocycles. The summed E-state index contributed by atoms with van der Waals surface area (Å²) in [6, 6.07) is 1.36. The van der Waals surface area contributed by atoms with Gasteiger partial charge >= 0.3 is 11.8 Å². The fourth-order valence-electron chi connectivity index (χ4n) is 6.09. The highest BCUT2D eigenvalue weighted by molar-refractivity contribution is 9.10. The largest absolute Gasteiger partial charge is 0.507 e. The maximum Gasteiger partial charge on any atom is 0.329 e. The van der Waals surface area contributed by atoms with Gasteiger partial charge in [0.15, 0.2) is 23.1 Å². The molecule has 7 N–H and O–H groups in total. The number of aromatic amines is 1. The highest BCUT2D eigenvalue weighted by atomic mass is 79.9. The van der Waals surface area contributed by atoms with Crippen LogP contribution >= 0.6 is 15.9 Å². The summed E-state index contributed by atoms with van der Waals surface area (Å²) in [6.07, 6.45) is 1.53. The molecule has 0 unspecified atom stereocenters. The van der Waals surface area contributed by atoms with Crippen molar-refractivity contribution in [2.75, 3.05) is 7.11 Å². The van der Waals surface area contributed by atoms with Crippen molar-refractivity contribution in [2.45, 2.75) is 18.3 Å². The van der Waals surface area contributed by atoms with Gasteiger partial charge in [-0.15, -0.1) is 0 Å². The van der Waals surface area contributed by atoms with Crippen LogP contribution in [0.4, 0.5) is 0 Å². The van der Waals surface area contributed by atoms with Gasteiger partial charge in [0.05, 0.1) is 46.7 Å². The number of hydrogen-bond donors (Lipinski definition) is 6. The number of fused-ring (bicyclic) bond motifs is 5. The quantitative estimate of drug-likeness (QED) is 0.0739. The van der Waals surface area contributed by atoms with Crippen LogP contribution in [0.5, 0.6) is 17.2 Å². The van der Waals surface area contributed by atoms with Crippen molar-refractivity contribution in [3.63, 3.8) is 0 Å². The maximum atomic E-state index is 14.1. The average molecular weight is 665 g/mol. The number of H-pyrrole nitrogens is 1. The summed E-state index contributed by atoms with van der Waals surface area (Å²) in [5.74, 6) is -9.70. The van der Waals surface area contributed by atoms with E-state index in [9.17, 15) is 48.9 Å². The van der Waals surface area contributed by atoms with Crippen molar-refractivity contribution < 1.29 is 48.8 Å². The molecule has 2 amide bonds. The molecule has 0 aliphatic heterocycles. The molecule has 3 aliphatic carbocycles. The molecule has 16 heteroatoms. The molecule has 1 aromatic heterocycles. The predicted molar refractivity (Wildman–Crippen MR) is 151 cm³/mol. The van der Waals surface area contributed by atoms with Crippen LogP contribution in [-0.4, -0.2) is 68.6 Å². The zero-order valence-electron chi connectivity index (χ0n) is 22.2. The SMILES string of the molecule is COC1=CC(=O)c2c(O)c3c(c(O)c2C1=O)C(=O)[C@]1(CCc2c1c(O)c1c(=O)[nH]c(C=NNC(=O)C(N)=O)cc1c2Br)C3=O. The third-order valence-corrected chi connectivity index (χ3v) is 8.86. The fraction of sp³-hybridized carbons (Fsp3) is 0.143. The van der Waals surface area contributed by atoms with Crippen LogP contribution in [0.1, 0.15) is 64.7 Å². The van der Waals surface area contributed by atoms with Gasteiger partial charge in [-0.1, -0.05) is 0 Å². The molecular weight excluding hydrogens is 648 g/mol. The fourth-order valence-corrected chi connectivity index (χ4v) is 6.80. The monoisotopic (exact) mass is 664 g/mol. The number of benzene rings is 2. The second-order valence-electron chi connectivity index (χ2n) is 10.1. The number of ether oxygens (including phenoxy) is 1. The van der Waals surface area contributed by atoms with Gasteiger partial charge in [-0.3, -0.25) is 33.6 Å². The van der Waals surface area contributed by atoms with Gasteiger partial charge in [-0.2, -0.15) is 5.10 Å². The number of carbonyl (C=O) groups excluding carboxylic acids is 6. The molecule has 222 valence electrons. The second-order valence-corrected chi connectivity index (χ2v) is 10.9. The number of aromatic nitrogens is 1. The molecule has 0 fully saturated rings. The van der Waals surface area contributed by atoms with E-state index in [-0.39, 0.29) is 44.9 Å². The number of nitrogens with zero attached hydrogens (tertiary/aromatic N) is 1. The maximum absolute atomic E-state index is 14.1. The third-order valence-electron chi connectivity index (χ3n) is 7.96. The molecule has 3 aromatic rings. The summed E-state index contributed by atoms with van der Waals surface area (Å²) in [6.45, 7) is 0. The standard InChI is InChI=1S/C28H17BrN4O11/c1-44-11-5-10(34)13-14(19(11)35)21(37)16-15(20(13)36)23(39)28(24(16)40)3-2-8-17(28)22(38)12-9(18(8)29)4-7(32-26(12)42)6-31-33-27(43)25(30)41/h4-6,36-38H,2-3H2,1H3,(H2,30,41)(H,32,42)(H,33,43)/t28-/m0/s1. The molecule has 3 aliphatic rings. The molecular formula is C28H17BrN4O11. The lowest BCUT2D eigenvalue weighted by Crippen LogP contribution is -2.36. The zero-order valence-corrected chi connectivity index (χ0v) is 23.7. The number of halogens is 1. The van der Waals surface area contributed by atoms with E-state index in [4.69, 9.17) is 10.5 Å². The van der Waals surface area contributed by atoms with E-state index in [1.165, 1.54) is 6.07 Å². The number of ketones is 4. The Morgan fingerprint density at radius 2 is 1.68 bits per heavy atom. The first-order valence-electron chi connectivity index (χ1n) is 12.6. The Hall–Kier alpha value is -5.64. The Balaban J connectivity index is 1.55. The van der Waals surface area contributed by atoms with Gasteiger partial charge in [0.2, 0.25) is 5.78 Å². The molecule has 0 radical (unpaired) electrons. The van der Waals surface area contributed by atoms with Crippen molar-refractivity contribution in [1.29, 1.82) is 0 Å². The van der Waals surface area contributed by atoms with Gasteiger partial charge < -0.3 is 30.8 Å². The Labute approximate surface area is 252 Å². The average Bonchev–Trinajstić information content (AvgIpc) is 3.48. The number of primary amides is 1. The summed E-state index contributed by atoms with van der Waals surface area (Å²) >= 11 is 3.39. The number of methoxy groups -OCH3 is 1. The van der Waals surface area contributed by atoms with Crippen molar-refractivity contribution in [1.82, 2.24) is 10.4 Å². The van der Waals surface area contributed by atoms with Crippen LogP contribution in [0.2, 0.25) is 0 Å². The number of phenolic OH excluding ortho intramolecular Hbond substituents is 3. The number of hydrazone groups is 1. The Bertz CT molecular complexity index is 2130. The van der Waals surface area contributed by atoms with E-state index >= 15 is 0 Å². The number of Topliss-reactive ketones (excluding diaryl/α,β-unsaturated/α-hetero) is 3. The van der Waals surface area contributed by atoms with Crippen molar-refractivity contribution in [3.05, 3.63) is 71.8 Å².